The van der Waals surface area contributed by atoms with Crippen molar-refractivity contribution in [1.29, 1.82) is 5.26 Å². The highest BCUT2D eigenvalue weighted by Gasteiger charge is 2.25. The summed E-state index contributed by atoms with van der Waals surface area (Å²) in [5.41, 5.74) is 2.04. The van der Waals surface area contributed by atoms with Gasteiger partial charge in [0.2, 0.25) is 0 Å². The molecule has 2 nitrogen and oxygen atoms in total. The molecule has 0 N–H and O–H groups in total. The molecule has 106 valence electrons. The number of carbonyl (C=O) groups excluding carboxylic acids is 1. The van der Waals surface area contributed by atoms with E-state index in [1.54, 1.807) is 18.2 Å². The van der Waals surface area contributed by atoms with Crippen LogP contribution in [0.3, 0.4) is 0 Å². The van der Waals surface area contributed by atoms with Crippen LogP contribution >= 0.6 is 0 Å². The number of Topliss-reactive ketones (excluding diaryl/α,β-unsaturated/α-hetero) is 1. The Bertz CT molecular complexity index is 747. The molecule has 0 aliphatic rings. The number of aryl methyl sites for hydroxylation is 2. The van der Waals surface area contributed by atoms with Crippen LogP contribution in [-0.2, 0) is 0 Å². The molecule has 0 aliphatic carbocycles. The summed E-state index contributed by atoms with van der Waals surface area (Å²) in [6.07, 6.45) is 0. The molecule has 2 aromatic rings. The molecule has 2 aromatic carbocycles. The molecule has 2 rings (SSSR count). The Morgan fingerprint density at radius 2 is 1.86 bits per heavy atom. The van der Waals surface area contributed by atoms with E-state index in [0.717, 1.165) is 17.2 Å². The average molecular weight is 285 g/mol. The third-order valence-electron chi connectivity index (χ3n) is 3.47. The number of hydrogen-bond donors (Lipinski definition) is 0. The third kappa shape index (κ3) is 2.82. The molecule has 0 saturated heterocycles. The van der Waals surface area contributed by atoms with E-state index in [4.69, 9.17) is 0 Å². The highest BCUT2D eigenvalue weighted by Crippen LogP contribution is 2.24. The van der Waals surface area contributed by atoms with Crippen LogP contribution < -0.4 is 0 Å². The summed E-state index contributed by atoms with van der Waals surface area (Å²) in [6, 6.07) is 10.4. The predicted molar refractivity (Wildman–Crippen MR) is 75.0 cm³/mol. The number of ketones is 1. The molecule has 1 unspecified atom stereocenters. The number of halogens is 2. The lowest BCUT2D eigenvalue weighted by atomic mass is 9.90. The minimum Gasteiger partial charge on any atom is -0.292 e. The molecule has 0 bridgehead atoms. The minimum absolute atomic E-state index is 0.403. The second-order valence-corrected chi connectivity index (χ2v) is 4.87. The Balaban J connectivity index is 2.46. The maximum absolute atomic E-state index is 13.7. The van der Waals surface area contributed by atoms with Crippen LogP contribution in [0.4, 0.5) is 8.78 Å². The summed E-state index contributed by atoms with van der Waals surface area (Å²) in [5.74, 6) is -4.21. The zero-order chi connectivity index (χ0) is 15.6. The maximum atomic E-state index is 13.7. The lowest BCUT2D eigenvalue weighted by molar-refractivity contribution is 0.0974. The number of benzene rings is 2. The Morgan fingerprint density at radius 3 is 2.48 bits per heavy atom. The standard InChI is InChI=1S/C17H13F2NO/c1-10-6-7-12(8-11(10)2)14(9-20)17(21)13-4-3-5-15(18)16(13)19/h3-8,14H,1-2H3. The molecular formula is C17H13F2NO. The summed E-state index contributed by atoms with van der Waals surface area (Å²) in [6.45, 7) is 3.77. The topological polar surface area (TPSA) is 40.9 Å². The molecule has 0 amide bonds. The summed E-state index contributed by atoms with van der Waals surface area (Å²) in [4.78, 5) is 12.3. The fraction of sp³-hybridized carbons (Fsp3) is 0.176. The lowest BCUT2D eigenvalue weighted by Crippen LogP contribution is -2.14. The van der Waals surface area contributed by atoms with Gasteiger partial charge in [0.05, 0.1) is 11.6 Å². The fourth-order valence-electron chi connectivity index (χ4n) is 2.08. The largest absolute Gasteiger partial charge is 0.292 e. The van der Waals surface area contributed by atoms with Gasteiger partial charge in [0.25, 0.3) is 0 Å². The van der Waals surface area contributed by atoms with Gasteiger partial charge >= 0.3 is 0 Å². The molecule has 0 heterocycles. The summed E-state index contributed by atoms with van der Waals surface area (Å²) >= 11 is 0. The summed E-state index contributed by atoms with van der Waals surface area (Å²) < 4.78 is 26.9. The van der Waals surface area contributed by atoms with Crippen molar-refractivity contribution >= 4 is 5.78 Å². The second-order valence-electron chi connectivity index (χ2n) is 4.87. The van der Waals surface area contributed by atoms with Crippen LogP contribution in [0.25, 0.3) is 0 Å². The molecule has 4 heteroatoms. The van der Waals surface area contributed by atoms with Crippen molar-refractivity contribution in [3.63, 3.8) is 0 Å². The van der Waals surface area contributed by atoms with Crippen molar-refractivity contribution in [1.82, 2.24) is 0 Å². The van der Waals surface area contributed by atoms with Gasteiger partial charge in [-0.25, -0.2) is 8.78 Å². The van der Waals surface area contributed by atoms with Crippen LogP contribution in [0, 0.1) is 36.8 Å². The van der Waals surface area contributed by atoms with Gasteiger partial charge < -0.3 is 0 Å². The number of nitrogens with zero attached hydrogens (tertiary/aromatic N) is 1. The molecule has 0 spiro atoms. The quantitative estimate of drug-likeness (QED) is 0.797. The van der Waals surface area contributed by atoms with Gasteiger partial charge in [0, 0.05) is 0 Å². The van der Waals surface area contributed by atoms with Crippen LogP contribution in [0.1, 0.15) is 33.0 Å². The van der Waals surface area contributed by atoms with E-state index in [1.165, 1.54) is 12.1 Å². The molecule has 0 saturated carbocycles. The van der Waals surface area contributed by atoms with Crippen molar-refractivity contribution in [2.24, 2.45) is 0 Å². The van der Waals surface area contributed by atoms with Crippen molar-refractivity contribution < 1.29 is 13.6 Å². The number of carbonyl (C=O) groups is 1. The van der Waals surface area contributed by atoms with Gasteiger partial charge in [0.15, 0.2) is 17.4 Å². The summed E-state index contributed by atoms with van der Waals surface area (Å²) in [5, 5.41) is 9.24. The van der Waals surface area contributed by atoms with Crippen molar-refractivity contribution in [3.8, 4) is 6.07 Å². The Labute approximate surface area is 121 Å². The molecule has 1 atom stereocenters. The van der Waals surface area contributed by atoms with Crippen molar-refractivity contribution in [2.75, 3.05) is 0 Å². The number of rotatable bonds is 3. The van der Waals surface area contributed by atoms with Gasteiger partial charge in [-0.15, -0.1) is 0 Å². The zero-order valence-electron chi connectivity index (χ0n) is 11.7. The van der Waals surface area contributed by atoms with E-state index in [1.807, 2.05) is 19.9 Å². The van der Waals surface area contributed by atoms with Gasteiger partial charge in [-0.1, -0.05) is 24.3 Å². The van der Waals surface area contributed by atoms with E-state index in [9.17, 15) is 18.8 Å². The minimum atomic E-state index is -1.22. The Hall–Kier alpha value is -2.54. The van der Waals surface area contributed by atoms with Crippen LogP contribution in [0.5, 0.6) is 0 Å². The molecule has 0 aliphatic heterocycles. The Kier molecular flexibility index (Phi) is 4.13. The molecule has 0 radical (unpaired) electrons. The normalized spacial score (nSPS) is 11.8. The van der Waals surface area contributed by atoms with Crippen LogP contribution in [0.15, 0.2) is 36.4 Å². The Morgan fingerprint density at radius 1 is 1.14 bits per heavy atom. The van der Waals surface area contributed by atoms with Crippen molar-refractivity contribution in [3.05, 3.63) is 70.3 Å². The fourth-order valence-corrected chi connectivity index (χ4v) is 2.08. The second kappa shape index (κ2) is 5.84. The van der Waals surface area contributed by atoms with E-state index < -0.39 is 28.9 Å². The first-order chi connectivity index (χ1) is 9.95. The van der Waals surface area contributed by atoms with E-state index >= 15 is 0 Å². The first kappa shape index (κ1) is 14.9. The summed E-state index contributed by atoms with van der Waals surface area (Å²) in [7, 11) is 0. The molecule has 0 aromatic heterocycles. The van der Waals surface area contributed by atoms with E-state index in [0.29, 0.717) is 5.56 Å². The van der Waals surface area contributed by atoms with Crippen LogP contribution in [-0.4, -0.2) is 5.78 Å². The predicted octanol–water partition coefficient (Wildman–Crippen LogP) is 4.07. The van der Waals surface area contributed by atoms with Crippen LogP contribution in [0.2, 0.25) is 0 Å². The zero-order valence-corrected chi connectivity index (χ0v) is 11.7. The van der Waals surface area contributed by atoms with Gasteiger partial charge in [-0.3, -0.25) is 4.79 Å². The average Bonchev–Trinajstić information content (AvgIpc) is 2.46. The van der Waals surface area contributed by atoms with E-state index in [2.05, 4.69) is 0 Å². The molecule has 21 heavy (non-hydrogen) atoms. The first-order valence-electron chi connectivity index (χ1n) is 6.40. The monoisotopic (exact) mass is 285 g/mol. The molecular weight excluding hydrogens is 272 g/mol. The third-order valence-corrected chi connectivity index (χ3v) is 3.47. The first-order valence-corrected chi connectivity index (χ1v) is 6.40. The van der Waals surface area contributed by atoms with Gasteiger partial charge in [-0.05, 0) is 42.7 Å². The highest BCUT2D eigenvalue weighted by atomic mass is 19.2. The molecule has 0 fully saturated rings. The highest BCUT2D eigenvalue weighted by molar-refractivity contribution is 6.03. The van der Waals surface area contributed by atoms with Crippen molar-refractivity contribution in [2.45, 2.75) is 19.8 Å². The SMILES string of the molecule is Cc1ccc(C(C#N)C(=O)c2cccc(F)c2F)cc1C. The maximum Gasteiger partial charge on any atom is 0.187 e. The van der Waals surface area contributed by atoms with Gasteiger partial charge in [-0.2, -0.15) is 5.26 Å². The lowest BCUT2D eigenvalue weighted by Gasteiger charge is -2.11. The number of hydrogen-bond acceptors (Lipinski definition) is 2. The smallest absolute Gasteiger partial charge is 0.187 e. The van der Waals surface area contributed by atoms with E-state index in [-0.39, 0.29) is 0 Å². The van der Waals surface area contributed by atoms with Gasteiger partial charge in [0.1, 0.15) is 5.92 Å². The number of nitriles is 1.